The number of benzene rings is 1. The molecule has 2 rings (SSSR count). The van der Waals surface area contributed by atoms with Crippen molar-refractivity contribution in [1.82, 2.24) is 0 Å². The van der Waals surface area contributed by atoms with Gasteiger partial charge in [0.25, 0.3) is 5.91 Å². The maximum Gasteiger partial charge on any atom is 0.341 e. The van der Waals surface area contributed by atoms with Crippen LogP contribution in [0.3, 0.4) is 0 Å². The lowest BCUT2D eigenvalue weighted by atomic mass is 10.2. The average Bonchev–Trinajstić information content (AvgIpc) is 2.83. The van der Waals surface area contributed by atoms with Crippen LogP contribution >= 0.6 is 11.3 Å². The van der Waals surface area contributed by atoms with Gasteiger partial charge in [0.1, 0.15) is 5.75 Å². The Labute approximate surface area is 119 Å². The monoisotopic (exact) mass is 291 g/mol. The van der Waals surface area contributed by atoms with E-state index in [0.717, 1.165) is 5.56 Å². The van der Waals surface area contributed by atoms with E-state index < -0.39 is 12.6 Å². The first-order chi connectivity index (χ1) is 9.56. The minimum atomic E-state index is -1.05. The molecular weight excluding hydrogens is 278 g/mol. The van der Waals surface area contributed by atoms with Gasteiger partial charge in [-0.25, -0.2) is 4.79 Å². The Bertz CT molecular complexity index is 636. The van der Waals surface area contributed by atoms with Crippen molar-refractivity contribution in [2.45, 2.75) is 6.92 Å². The molecule has 5 nitrogen and oxygen atoms in total. The van der Waals surface area contributed by atoms with Gasteiger partial charge in [-0.3, -0.25) is 4.79 Å². The largest absolute Gasteiger partial charge is 0.482 e. The molecule has 6 heteroatoms. The lowest BCUT2D eigenvalue weighted by Gasteiger charge is -2.07. The molecule has 1 amide bonds. The number of aryl methyl sites for hydroxylation is 1. The topological polar surface area (TPSA) is 75.6 Å². The molecule has 0 saturated heterocycles. The van der Waals surface area contributed by atoms with Gasteiger partial charge in [0.15, 0.2) is 6.61 Å². The third-order valence-corrected chi connectivity index (χ3v) is 3.42. The van der Waals surface area contributed by atoms with Crippen LogP contribution in [0.1, 0.15) is 15.9 Å². The highest BCUT2D eigenvalue weighted by molar-refractivity contribution is 7.08. The van der Waals surface area contributed by atoms with Crippen molar-refractivity contribution in [3.05, 3.63) is 46.2 Å². The number of thiophene rings is 1. The molecule has 1 aromatic heterocycles. The molecule has 0 radical (unpaired) electrons. The molecule has 0 aliphatic rings. The zero-order valence-electron chi connectivity index (χ0n) is 10.8. The highest BCUT2D eigenvalue weighted by atomic mass is 32.1. The second-order valence-electron chi connectivity index (χ2n) is 4.13. The number of hydrogen-bond acceptors (Lipinski definition) is 4. The Kier molecular flexibility index (Phi) is 4.37. The van der Waals surface area contributed by atoms with Crippen molar-refractivity contribution >= 4 is 28.9 Å². The molecule has 2 N–H and O–H groups in total. The van der Waals surface area contributed by atoms with E-state index in [4.69, 9.17) is 9.84 Å². The third-order valence-electron chi connectivity index (χ3n) is 2.55. The number of carbonyl (C=O) groups is 2. The highest BCUT2D eigenvalue weighted by Gasteiger charge is 2.10. The molecule has 20 heavy (non-hydrogen) atoms. The van der Waals surface area contributed by atoms with Crippen LogP contribution < -0.4 is 10.1 Å². The van der Waals surface area contributed by atoms with E-state index in [9.17, 15) is 9.59 Å². The van der Waals surface area contributed by atoms with Crippen LogP contribution in [0.15, 0.2) is 35.0 Å². The van der Waals surface area contributed by atoms with E-state index in [-0.39, 0.29) is 5.91 Å². The van der Waals surface area contributed by atoms with Gasteiger partial charge in [-0.1, -0.05) is 6.07 Å². The molecule has 0 unspecified atom stereocenters. The first-order valence-electron chi connectivity index (χ1n) is 5.85. The van der Waals surface area contributed by atoms with Crippen molar-refractivity contribution < 1.29 is 19.4 Å². The summed E-state index contributed by atoms with van der Waals surface area (Å²) in [7, 11) is 0. The molecule has 0 bridgehead atoms. The normalized spacial score (nSPS) is 10.1. The first-order valence-corrected chi connectivity index (χ1v) is 6.79. The molecule has 1 heterocycles. The Morgan fingerprint density at radius 3 is 2.80 bits per heavy atom. The number of aliphatic carboxylic acids is 1. The number of nitrogens with one attached hydrogen (secondary N) is 1. The van der Waals surface area contributed by atoms with E-state index >= 15 is 0 Å². The van der Waals surface area contributed by atoms with Crippen molar-refractivity contribution in [2.75, 3.05) is 11.9 Å². The Morgan fingerprint density at radius 2 is 2.15 bits per heavy atom. The summed E-state index contributed by atoms with van der Waals surface area (Å²) in [6.07, 6.45) is 0. The van der Waals surface area contributed by atoms with E-state index in [1.54, 1.807) is 29.6 Å². The van der Waals surface area contributed by atoms with E-state index in [0.29, 0.717) is 17.0 Å². The Morgan fingerprint density at radius 1 is 1.35 bits per heavy atom. The zero-order chi connectivity index (χ0) is 14.5. The maximum absolute atomic E-state index is 12.0. The van der Waals surface area contributed by atoms with E-state index in [2.05, 4.69) is 5.32 Å². The number of carboxylic acids is 1. The molecule has 0 atom stereocenters. The van der Waals surface area contributed by atoms with Gasteiger partial charge in [0, 0.05) is 17.1 Å². The molecule has 0 spiro atoms. The number of hydrogen-bond donors (Lipinski definition) is 2. The van der Waals surface area contributed by atoms with Crippen LogP contribution in [-0.2, 0) is 4.79 Å². The molecule has 104 valence electrons. The SMILES string of the molecule is Cc1cscc1C(=O)Nc1cccc(OCC(=O)O)c1. The molecule has 0 fully saturated rings. The van der Waals surface area contributed by atoms with Gasteiger partial charge >= 0.3 is 5.97 Å². The van der Waals surface area contributed by atoms with Gasteiger partial charge in [-0.2, -0.15) is 11.3 Å². The Balaban J connectivity index is 2.06. The van der Waals surface area contributed by atoms with E-state index in [1.165, 1.54) is 11.3 Å². The molecule has 2 aromatic rings. The smallest absolute Gasteiger partial charge is 0.341 e. The number of anilines is 1. The summed E-state index contributed by atoms with van der Waals surface area (Å²) in [5.41, 5.74) is 2.11. The summed E-state index contributed by atoms with van der Waals surface area (Å²) in [5.74, 6) is -0.847. The van der Waals surface area contributed by atoms with Crippen LogP contribution in [0.2, 0.25) is 0 Å². The lowest BCUT2D eigenvalue weighted by Crippen LogP contribution is -2.12. The second kappa shape index (κ2) is 6.21. The second-order valence-corrected chi connectivity index (χ2v) is 4.88. The van der Waals surface area contributed by atoms with Crippen LogP contribution in [0, 0.1) is 6.92 Å². The fraction of sp³-hybridized carbons (Fsp3) is 0.143. The van der Waals surface area contributed by atoms with Crippen LogP contribution in [0.25, 0.3) is 0 Å². The number of carboxylic acid groups (broad SMARTS) is 1. The van der Waals surface area contributed by atoms with Gasteiger partial charge in [0.2, 0.25) is 0 Å². The number of carbonyl (C=O) groups excluding carboxylic acids is 1. The molecule has 0 saturated carbocycles. The summed E-state index contributed by atoms with van der Waals surface area (Å²) in [5, 5.41) is 15.0. The summed E-state index contributed by atoms with van der Waals surface area (Å²) in [6.45, 7) is 1.46. The predicted molar refractivity (Wildman–Crippen MR) is 76.6 cm³/mol. The molecule has 0 aliphatic heterocycles. The zero-order valence-corrected chi connectivity index (χ0v) is 11.6. The molecule has 0 aliphatic carbocycles. The standard InChI is InChI=1S/C14H13NO4S/c1-9-7-20-8-12(9)14(18)15-10-3-2-4-11(5-10)19-6-13(16)17/h2-5,7-8H,6H2,1H3,(H,15,18)(H,16,17). The minimum absolute atomic E-state index is 0.195. The summed E-state index contributed by atoms with van der Waals surface area (Å²) < 4.78 is 5.06. The summed E-state index contributed by atoms with van der Waals surface area (Å²) in [6, 6.07) is 6.62. The fourth-order valence-electron chi connectivity index (χ4n) is 1.60. The summed E-state index contributed by atoms with van der Waals surface area (Å²) in [4.78, 5) is 22.5. The van der Waals surface area contributed by atoms with Gasteiger partial charge in [-0.05, 0) is 30.0 Å². The van der Waals surface area contributed by atoms with Crippen molar-refractivity contribution in [3.8, 4) is 5.75 Å². The highest BCUT2D eigenvalue weighted by Crippen LogP contribution is 2.20. The van der Waals surface area contributed by atoms with Crippen LogP contribution in [0.5, 0.6) is 5.75 Å². The molecule has 1 aromatic carbocycles. The van der Waals surface area contributed by atoms with Crippen molar-refractivity contribution in [1.29, 1.82) is 0 Å². The molecular formula is C14H13NO4S. The van der Waals surface area contributed by atoms with Crippen LogP contribution in [0.4, 0.5) is 5.69 Å². The predicted octanol–water partition coefficient (Wildman–Crippen LogP) is 2.77. The third kappa shape index (κ3) is 3.58. The summed E-state index contributed by atoms with van der Waals surface area (Å²) >= 11 is 1.47. The van der Waals surface area contributed by atoms with Gasteiger partial charge < -0.3 is 15.2 Å². The van der Waals surface area contributed by atoms with Crippen molar-refractivity contribution in [3.63, 3.8) is 0 Å². The fourth-order valence-corrected chi connectivity index (χ4v) is 2.43. The number of amides is 1. The maximum atomic E-state index is 12.0. The number of rotatable bonds is 5. The quantitative estimate of drug-likeness (QED) is 0.888. The lowest BCUT2D eigenvalue weighted by molar-refractivity contribution is -0.139. The average molecular weight is 291 g/mol. The Hall–Kier alpha value is -2.34. The minimum Gasteiger partial charge on any atom is -0.482 e. The van der Waals surface area contributed by atoms with E-state index in [1.807, 2.05) is 12.3 Å². The van der Waals surface area contributed by atoms with Gasteiger partial charge in [0.05, 0.1) is 5.56 Å². The van der Waals surface area contributed by atoms with Gasteiger partial charge in [-0.15, -0.1) is 0 Å². The first kappa shape index (κ1) is 14.1. The van der Waals surface area contributed by atoms with Crippen LogP contribution in [-0.4, -0.2) is 23.6 Å². The van der Waals surface area contributed by atoms with Crippen molar-refractivity contribution in [2.24, 2.45) is 0 Å². The number of ether oxygens (including phenoxy) is 1.